The lowest BCUT2D eigenvalue weighted by molar-refractivity contribution is 0.0866. The fourth-order valence-corrected chi connectivity index (χ4v) is 8.19. The minimum absolute atomic E-state index is 0.164. The minimum atomic E-state index is -0.901. The second kappa shape index (κ2) is 24.6. The van der Waals surface area contributed by atoms with Gasteiger partial charge in [0, 0.05) is 66.7 Å². The summed E-state index contributed by atoms with van der Waals surface area (Å²) in [7, 11) is 0. The Morgan fingerprint density at radius 1 is 0.606 bits per heavy atom. The van der Waals surface area contributed by atoms with Gasteiger partial charge in [-0.05, 0) is 128 Å². The molecule has 13 nitrogen and oxygen atoms in total. The average molecular weight is 1020 g/mol. The van der Waals surface area contributed by atoms with E-state index >= 15 is 0 Å². The van der Waals surface area contributed by atoms with E-state index in [1.807, 2.05) is 48.5 Å². The molecule has 342 valence electrons. The van der Waals surface area contributed by atoms with Crippen molar-refractivity contribution in [2.45, 2.75) is 78.3 Å². The monoisotopic (exact) mass is 1020 g/mol. The number of ether oxygens (including phenoxy) is 4. The lowest BCUT2D eigenvalue weighted by Crippen LogP contribution is -2.29. The molecule has 6 rings (SSSR count). The van der Waals surface area contributed by atoms with Crippen LogP contribution in [0.25, 0.3) is 11.1 Å². The molecule has 2 heterocycles. The normalized spacial score (nSPS) is 11.9. The molecular weight excluding hydrogens is 970 g/mol. The van der Waals surface area contributed by atoms with Gasteiger partial charge in [-0.2, -0.15) is 10.5 Å². The molecule has 0 unspecified atom stereocenters. The number of nitrogens with zero attached hydrogens (tertiary/aromatic N) is 4. The van der Waals surface area contributed by atoms with Crippen LogP contribution in [-0.4, -0.2) is 62.4 Å². The highest BCUT2D eigenvalue weighted by molar-refractivity contribution is 9.11. The van der Waals surface area contributed by atoms with Gasteiger partial charge in [-0.3, -0.25) is 9.97 Å². The molecule has 2 aromatic heterocycles. The number of nitrogens with one attached hydrogen (secondary N) is 1. The maximum absolute atomic E-state index is 9.94. The predicted molar refractivity (Wildman–Crippen MR) is 256 cm³/mol. The van der Waals surface area contributed by atoms with Crippen LogP contribution < -0.4 is 24.3 Å². The maximum Gasteiger partial charge on any atom is 0.137 e. The first-order valence-corrected chi connectivity index (χ1v) is 22.9. The van der Waals surface area contributed by atoms with Gasteiger partial charge in [-0.15, -0.1) is 0 Å². The second-order valence-corrected chi connectivity index (χ2v) is 17.4. The summed E-state index contributed by atoms with van der Waals surface area (Å²) in [5.41, 5.74) is 10.3. The third-order valence-corrected chi connectivity index (χ3v) is 12.2. The van der Waals surface area contributed by atoms with E-state index in [9.17, 15) is 30.9 Å². The van der Waals surface area contributed by atoms with Crippen LogP contribution in [0.2, 0.25) is 0 Å². The molecule has 0 saturated carbocycles. The summed E-state index contributed by atoms with van der Waals surface area (Å²) in [4.78, 5) is 8.30. The van der Waals surface area contributed by atoms with Gasteiger partial charge < -0.3 is 44.7 Å². The summed E-state index contributed by atoms with van der Waals surface area (Å²) < 4.78 is 26.9. The third kappa shape index (κ3) is 13.6. The van der Waals surface area contributed by atoms with Crippen LogP contribution in [0.3, 0.4) is 0 Å². The third-order valence-electron chi connectivity index (χ3n) is 10.9. The largest absolute Gasteiger partial charge is 0.488 e. The molecule has 0 aliphatic carbocycles. The highest BCUT2D eigenvalue weighted by Crippen LogP contribution is 2.38. The van der Waals surface area contributed by atoms with E-state index in [0.29, 0.717) is 64.4 Å². The van der Waals surface area contributed by atoms with Crippen molar-refractivity contribution in [1.29, 1.82) is 10.5 Å². The van der Waals surface area contributed by atoms with Crippen LogP contribution in [0.5, 0.6) is 23.0 Å². The van der Waals surface area contributed by atoms with Gasteiger partial charge >= 0.3 is 0 Å². The molecule has 2 atom stereocenters. The first-order valence-electron chi connectivity index (χ1n) is 21.3. The number of aliphatic hydroxyl groups is 4. The summed E-state index contributed by atoms with van der Waals surface area (Å²) in [6.07, 6.45) is 6.28. The van der Waals surface area contributed by atoms with Crippen LogP contribution in [0, 0.1) is 36.5 Å². The fourth-order valence-electron chi connectivity index (χ4n) is 7.18. The summed E-state index contributed by atoms with van der Waals surface area (Å²) in [5.74, 6) is 2.30. The Morgan fingerprint density at radius 3 is 1.59 bits per heavy atom. The Bertz CT molecular complexity index is 2510. The number of pyridine rings is 2. The smallest absolute Gasteiger partial charge is 0.137 e. The van der Waals surface area contributed by atoms with E-state index in [1.54, 1.807) is 24.5 Å². The molecule has 0 saturated heterocycles. The van der Waals surface area contributed by atoms with E-state index in [1.165, 1.54) is 12.4 Å². The number of aromatic nitrogens is 2. The first kappa shape index (κ1) is 49.6. The Kier molecular flexibility index (Phi) is 18.5. The number of hydrogen-bond acceptors (Lipinski definition) is 13. The molecule has 0 aliphatic heterocycles. The Balaban J connectivity index is 1.18. The number of benzene rings is 4. The highest BCUT2D eigenvalue weighted by atomic mass is 79.9. The SMILES string of the molecule is Cc1c(COc2cc(OCc3cncc(C#N)c3)c(CCC[C@H](O)CO)cc2Br)cccc1-c1cccc(COc2cc(OCc3cncc(C#N)c3)c(CNC[C@H](O)CO)cc2Br)c1C. The molecule has 15 heteroatoms. The summed E-state index contributed by atoms with van der Waals surface area (Å²) in [5, 5.41) is 60.2. The van der Waals surface area contributed by atoms with Crippen LogP contribution in [0.4, 0.5) is 0 Å². The molecule has 4 aromatic carbocycles. The van der Waals surface area contributed by atoms with E-state index in [0.717, 1.165) is 60.1 Å². The number of halogens is 2. The molecule has 0 amide bonds. The molecular formula is C51H51Br2N5O8. The van der Waals surface area contributed by atoms with E-state index in [-0.39, 0.29) is 46.2 Å². The van der Waals surface area contributed by atoms with Gasteiger partial charge in [0.15, 0.2) is 0 Å². The van der Waals surface area contributed by atoms with Crippen molar-refractivity contribution in [3.05, 3.63) is 162 Å². The topological polar surface area (TPSA) is 203 Å². The standard InChI is InChI=1S/C51H51Br2N5O8/c1-32-39(30-65-50-16-48(63-28-36-12-34(18-54)20-56-22-36)38(14-46(50)52)6-3-9-42(61)26-59)7-4-10-44(32)45-11-5-8-40(33(45)2)31-66-51-17-49(64-29-37-13-35(19-55)21-57-23-37)41(15-47(51)53)24-58-25-43(62)27-60/h4-5,7-8,10-17,20-23,42-43,58-62H,3,6,9,24-31H2,1-2H3/t42-,43-/m0/s1. The minimum Gasteiger partial charge on any atom is -0.488 e. The molecule has 0 bridgehead atoms. The van der Waals surface area contributed by atoms with Crippen LogP contribution >= 0.6 is 31.9 Å². The lowest BCUT2D eigenvalue weighted by atomic mass is 9.92. The van der Waals surface area contributed by atoms with E-state index in [2.05, 4.69) is 85.3 Å². The number of aryl methyl sites for hydroxylation is 1. The van der Waals surface area contributed by atoms with Crippen LogP contribution in [-0.2, 0) is 39.4 Å². The van der Waals surface area contributed by atoms with Gasteiger partial charge in [0.2, 0.25) is 0 Å². The molecule has 0 aliphatic rings. The van der Waals surface area contributed by atoms with Crippen molar-refractivity contribution < 1.29 is 39.4 Å². The fraction of sp³-hybridized carbons (Fsp3) is 0.294. The van der Waals surface area contributed by atoms with E-state index < -0.39 is 12.2 Å². The van der Waals surface area contributed by atoms with Crippen molar-refractivity contribution in [1.82, 2.24) is 15.3 Å². The molecule has 0 spiro atoms. The summed E-state index contributed by atoms with van der Waals surface area (Å²) >= 11 is 7.39. The van der Waals surface area contributed by atoms with Crippen molar-refractivity contribution in [2.75, 3.05) is 19.8 Å². The quantitative estimate of drug-likeness (QED) is 0.0409. The molecule has 5 N–H and O–H groups in total. The zero-order valence-electron chi connectivity index (χ0n) is 36.6. The number of nitriles is 2. The number of hydrogen-bond donors (Lipinski definition) is 5. The van der Waals surface area contributed by atoms with Crippen molar-refractivity contribution >= 4 is 31.9 Å². The zero-order valence-corrected chi connectivity index (χ0v) is 39.8. The average Bonchev–Trinajstić information content (AvgIpc) is 3.33. The van der Waals surface area contributed by atoms with E-state index in [4.69, 9.17) is 18.9 Å². The highest BCUT2D eigenvalue weighted by Gasteiger charge is 2.18. The Morgan fingerprint density at radius 2 is 1.09 bits per heavy atom. The van der Waals surface area contributed by atoms with Gasteiger partial charge in [0.25, 0.3) is 0 Å². The lowest BCUT2D eigenvalue weighted by Gasteiger charge is -2.19. The van der Waals surface area contributed by atoms with Gasteiger partial charge in [0.05, 0.1) is 45.5 Å². The predicted octanol–water partition coefficient (Wildman–Crippen LogP) is 8.46. The summed E-state index contributed by atoms with van der Waals surface area (Å²) in [6, 6.07) is 27.5. The maximum atomic E-state index is 9.94. The van der Waals surface area contributed by atoms with Crippen molar-refractivity contribution in [2.24, 2.45) is 0 Å². The Hall–Kier alpha value is -5.88. The summed E-state index contributed by atoms with van der Waals surface area (Å²) in [6.45, 7) is 4.95. The van der Waals surface area contributed by atoms with Crippen molar-refractivity contribution in [3.8, 4) is 46.3 Å². The van der Waals surface area contributed by atoms with Gasteiger partial charge in [-0.1, -0.05) is 36.4 Å². The Labute approximate surface area is 401 Å². The second-order valence-electron chi connectivity index (χ2n) is 15.7. The molecule has 66 heavy (non-hydrogen) atoms. The van der Waals surface area contributed by atoms with Crippen LogP contribution in [0.15, 0.2) is 107 Å². The first-order chi connectivity index (χ1) is 32.0. The van der Waals surface area contributed by atoms with Gasteiger partial charge in [-0.25, -0.2) is 0 Å². The van der Waals surface area contributed by atoms with Crippen LogP contribution in [0.1, 0.15) is 68.5 Å². The molecule has 0 fully saturated rings. The van der Waals surface area contributed by atoms with Crippen molar-refractivity contribution in [3.63, 3.8) is 0 Å². The zero-order chi connectivity index (χ0) is 47.0. The molecule has 0 radical (unpaired) electrons. The van der Waals surface area contributed by atoms with Gasteiger partial charge in [0.1, 0.15) is 61.6 Å². The molecule has 6 aromatic rings. The number of aliphatic hydroxyl groups excluding tert-OH is 4. The number of rotatable bonds is 23.